The van der Waals surface area contributed by atoms with Crippen molar-refractivity contribution in [3.05, 3.63) is 54.0 Å². The molecule has 0 aliphatic heterocycles. The molecule has 4 heteroatoms. The van der Waals surface area contributed by atoms with Gasteiger partial charge in [0.25, 0.3) is 0 Å². The molecule has 17 heavy (non-hydrogen) atoms. The normalized spacial score (nSPS) is 11.4. The van der Waals surface area contributed by atoms with E-state index in [4.69, 9.17) is 14.6 Å². The Balaban J connectivity index is 2.29. The maximum atomic E-state index is 10.4. The molecule has 2 rings (SSSR count). The number of benzene rings is 1. The maximum absolute atomic E-state index is 10.4. The Labute approximate surface area is 97.4 Å². The standard InChI is InChI=1S/C13H10O4/c14-11(13(15)16)8-10-6-7-12(17-10)9-4-2-1-3-5-9/h1-8,14H,(H,15,16). The smallest absolute Gasteiger partial charge is 0.371 e. The minimum absolute atomic E-state index is 0.295. The molecule has 0 atom stereocenters. The molecule has 4 nitrogen and oxygen atoms in total. The molecule has 2 aromatic rings. The van der Waals surface area contributed by atoms with Crippen LogP contribution >= 0.6 is 0 Å². The number of hydrogen-bond acceptors (Lipinski definition) is 3. The highest BCUT2D eigenvalue weighted by Crippen LogP contribution is 2.22. The Morgan fingerprint density at radius 1 is 1.06 bits per heavy atom. The van der Waals surface area contributed by atoms with Crippen LogP contribution in [0, 0.1) is 0 Å². The number of hydrogen-bond donors (Lipinski definition) is 2. The van der Waals surface area contributed by atoms with Gasteiger partial charge < -0.3 is 14.6 Å². The van der Waals surface area contributed by atoms with Crippen molar-refractivity contribution < 1.29 is 19.4 Å². The molecule has 0 aliphatic carbocycles. The number of aliphatic carboxylic acids is 1. The fourth-order valence-corrected chi connectivity index (χ4v) is 1.38. The fourth-order valence-electron chi connectivity index (χ4n) is 1.38. The number of carboxylic acids is 1. The Hall–Kier alpha value is -2.49. The summed E-state index contributed by atoms with van der Waals surface area (Å²) in [6.45, 7) is 0. The van der Waals surface area contributed by atoms with Crippen LogP contribution in [-0.4, -0.2) is 16.2 Å². The first-order valence-electron chi connectivity index (χ1n) is 4.96. The predicted octanol–water partition coefficient (Wildman–Crippen LogP) is 2.93. The molecule has 86 valence electrons. The zero-order chi connectivity index (χ0) is 12.3. The average molecular weight is 230 g/mol. The van der Waals surface area contributed by atoms with E-state index in [1.807, 2.05) is 30.3 Å². The third kappa shape index (κ3) is 2.55. The first-order chi connectivity index (χ1) is 8.16. The molecule has 0 saturated carbocycles. The summed E-state index contributed by atoms with van der Waals surface area (Å²) in [5, 5.41) is 17.6. The largest absolute Gasteiger partial charge is 0.502 e. The molecule has 1 aromatic carbocycles. The third-order valence-electron chi connectivity index (χ3n) is 2.18. The number of rotatable bonds is 3. The monoisotopic (exact) mass is 230 g/mol. The summed E-state index contributed by atoms with van der Waals surface area (Å²) < 4.78 is 5.39. The van der Waals surface area contributed by atoms with E-state index in [0.717, 1.165) is 11.6 Å². The van der Waals surface area contributed by atoms with E-state index in [0.29, 0.717) is 11.5 Å². The average Bonchev–Trinajstić information content (AvgIpc) is 2.78. The summed E-state index contributed by atoms with van der Waals surface area (Å²) in [6, 6.07) is 12.7. The highest BCUT2D eigenvalue weighted by molar-refractivity contribution is 5.88. The molecule has 0 radical (unpaired) electrons. The van der Waals surface area contributed by atoms with Crippen molar-refractivity contribution in [1.29, 1.82) is 0 Å². The van der Waals surface area contributed by atoms with E-state index >= 15 is 0 Å². The van der Waals surface area contributed by atoms with Crippen LogP contribution in [0.15, 0.2) is 52.6 Å². The minimum atomic E-state index is -1.39. The van der Waals surface area contributed by atoms with E-state index in [1.165, 1.54) is 0 Å². The first kappa shape index (κ1) is 11.0. The summed E-state index contributed by atoms with van der Waals surface area (Å²) in [6.07, 6.45) is 1.06. The Bertz CT molecular complexity index is 552. The molecule has 0 fully saturated rings. The lowest BCUT2D eigenvalue weighted by molar-refractivity contribution is -0.135. The molecule has 0 bridgehead atoms. The zero-order valence-electron chi connectivity index (χ0n) is 8.83. The molecule has 0 saturated heterocycles. The number of furan rings is 1. The van der Waals surface area contributed by atoms with Gasteiger partial charge >= 0.3 is 5.97 Å². The topological polar surface area (TPSA) is 70.7 Å². The lowest BCUT2D eigenvalue weighted by Gasteiger charge is -1.95. The summed E-state index contributed by atoms with van der Waals surface area (Å²) >= 11 is 0. The highest BCUT2D eigenvalue weighted by atomic mass is 16.4. The lowest BCUT2D eigenvalue weighted by Crippen LogP contribution is -1.97. The second kappa shape index (κ2) is 4.57. The van der Waals surface area contributed by atoms with Crippen LogP contribution in [0.1, 0.15) is 5.76 Å². The van der Waals surface area contributed by atoms with Crippen LogP contribution in [0.25, 0.3) is 17.4 Å². The van der Waals surface area contributed by atoms with Gasteiger partial charge in [-0.1, -0.05) is 30.3 Å². The van der Waals surface area contributed by atoms with Crippen LogP contribution in [0.5, 0.6) is 0 Å². The van der Waals surface area contributed by atoms with Gasteiger partial charge in [-0.3, -0.25) is 0 Å². The molecule has 0 aliphatic rings. The molecule has 0 amide bonds. The van der Waals surface area contributed by atoms with Crippen LogP contribution in [-0.2, 0) is 4.79 Å². The summed E-state index contributed by atoms with van der Waals surface area (Å²) in [5.74, 6) is -1.22. The molecule has 0 spiro atoms. The number of carboxylic acid groups (broad SMARTS) is 1. The van der Waals surface area contributed by atoms with Gasteiger partial charge in [0.15, 0.2) is 0 Å². The van der Waals surface area contributed by atoms with Crippen molar-refractivity contribution >= 4 is 12.0 Å². The van der Waals surface area contributed by atoms with Crippen LogP contribution in [0.3, 0.4) is 0 Å². The minimum Gasteiger partial charge on any atom is -0.502 e. The van der Waals surface area contributed by atoms with Gasteiger partial charge in [0.2, 0.25) is 5.76 Å². The molecule has 1 heterocycles. The summed E-state index contributed by atoms with van der Waals surface area (Å²) in [4.78, 5) is 10.4. The Kier molecular flexibility index (Phi) is 2.96. The van der Waals surface area contributed by atoms with Crippen LogP contribution in [0.4, 0.5) is 0 Å². The SMILES string of the molecule is O=C(O)C(O)=Cc1ccc(-c2ccccc2)o1. The third-order valence-corrected chi connectivity index (χ3v) is 2.18. The van der Waals surface area contributed by atoms with E-state index in [9.17, 15) is 4.79 Å². The second-order valence-corrected chi connectivity index (χ2v) is 3.40. The molecule has 0 unspecified atom stereocenters. The van der Waals surface area contributed by atoms with Crippen LogP contribution in [0.2, 0.25) is 0 Å². The van der Waals surface area contributed by atoms with Gasteiger partial charge in [0.05, 0.1) is 0 Å². The van der Waals surface area contributed by atoms with E-state index in [-0.39, 0.29) is 0 Å². The maximum Gasteiger partial charge on any atom is 0.371 e. The van der Waals surface area contributed by atoms with E-state index in [1.54, 1.807) is 12.1 Å². The quantitative estimate of drug-likeness (QED) is 0.628. The van der Waals surface area contributed by atoms with Crippen molar-refractivity contribution in [3.8, 4) is 11.3 Å². The summed E-state index contributed by atoms with van der Waals surface area (Å²) in [7, 11) is 0. The van der Waals surface area contributed by atoms with Gasteiger partial charge in [0.1, 0.15) is 11.5 Å². The van der Waals surface area contributed by atoms with Gasteiger partial charge in [-0.2, -0.15) is 0 Å². The van der Waals surface area contributed by atoms with E-state index in [2.05, 4.69) is 0 Å². The Morgan fingerprint density at radius 3 is 2.41 bits per heavy atom. The van der Waals surface area contributed by atoms with Crippen molar-refractivity contribution in [3.63, 3.8) is 0 Å². The van der Waals surface area contributed by atoms with Gasteiger partial charge in [0, 0.05) is 11.6 Å². The molecular formula is C13H10O4. The van der Waals surface area contributed by atoms with Crippen molar-refractivity contribution in [2.45, 2.75) is 0 Å². The fraction of sp³-hybridized carbons (Fsp3) is 0. The van der Waals surface area contributed by atoms with Crippen molar-refractivity contribution in [2.24, 2.45) is 0 Å². The van der Waals surface area contributed by atoms with Gasteiger partial charge in [-0.05, 0) is 12.1 Å². The summed E-state index contributed by atoms with van der Waals surface area (Å²) in [5.41, 5.74) is 0.891. The Morgan fingerprint density at radius 2 is 1.76 bits per heavy atom. The molecular weight excluding hydrogens is 220 g/mol. The van der Waals surface area contributed by atoms with Crippen molar-refractivity contribution in [1.82, 2.24) is 0 Å². The predicted molar refractivity (Wildman–Crippen MR) is 62.4 cm³/mol. The van der Waals surface area contributed by atoms with Crippen LogP contribution < -0.4 is 0 Å². The van der Waals surface area contributed by atoms with Crippen molar-refractivity contribution in [2.75, 3.05) is 0 Å². The zero-order valence-corrected chi connectivity index (χ0v) is 8.83. The molecule has 2 N–H and O–H groups in total. The van der Waals surface area contributed by atoms with Gasteiger partial charge in [-0.15, -0.1) is 0 Å². The first-order valence-corrected chi connectivity index (χ1v) is 4.96. The highest BCUT2D eigenvalue weighted by Gasteiger charge is 2.07. The lowest BCUT2D eigenvalue weighted by atomic mass is 10.2. The van der Waals surface area contributed by atoms with Gasteiger partial charge in [-0.25, -0.2) is 4.79 Å². The second-order valence-electron chi connectivity index (χ2n) is 3.40. The number of aliphatic hydroxyl groups excluding tert-OH is 1. The molecule has 1 aromatic heterocycles. The number of aliphatic hydroxyl groups is 1. The van der Waals surface area contributed by atoms with E-state index < -0.39 is 11.7 Å². The number of carbonyl (C=O) groups is 1.